The molecule has 0 amide bonds. The number of ketones is 2. The van der Waals surface area contributed by atoms with E-state index in [-0.39, 0.29) is 11.6 Å². The molecule has 0 unspecified atom stereocenters. The Morgan fingerprint density at radius 1 is 0.474 bits per heavy atom. The van der Waals surface area contributed by atoms with E-state index in [0.717, 1.165) is 33.4 Å². The second-order valence-electron chi connectivity index (χ2n) is 9.83. The van der Waals surface area contributed by atoms with Crippen LogP contribution < -0.4 is 0 Å². The molecule has 0 saturated heterocycles. The van der Waals surface area contributed by atoms with Gasteiger partial charge in [0, 0.05) is 11.1 Å². The maximum atomic E-state index is 12.1. The van der Waals surface area contributed by atoms with Crippen molar-refractivity contribution in [3.05, 3.63) is 153 Å². The van der Waals surface area contributed by atoms with Crippen LogP contribution in [0.2, 0.25) is 0 Å². The minimum absolute atomic E-state index is 0.0416. The zero-order valence-corrected chi connectivity index (χ0v) is 23.2. The van der Waals surface area contributed by atoms with E-state index in [1.807, 2.05) is 113 Å². The summed E-state index contributed by atoms with van der Waals surface area (Å²) in [4.78, 5) is 24.1. The molecule has 0 bridgehead atoms. The lowest BCUT2D eigenvalue weighted by Gasteiger charge is -2.02. The van der Waals surface area contributed by atoms with E-state index in [4.69, 9.17) is 0 Å². The van der Waals surface area contributed by atoms with Crippen LogP contribution in [0.4, 0.5) is 0 Å². The molecule has 0 aliphatic rings. The van der Waals surface area contributed by atoms with Crippen molar-refractivity contribution in [1.82, 2.24) is 0 Å². The number of hydrogen-bond acceptors (Lipinski definition) is 2. The summed E-state index contributed by atoms with van der Waals surface area (Å²) >= 11 is 0. The number of aryl methyl sites for hydroxylation is 6. The lowest BCUT2D eigenvalue weighted by atomic mass is 10.0. The summed E-state index contributed by atoms with van der Waals surface area (Å²) in [5.41, 5.74) is 10.8. The molecule has 4 aromatic rings. The molecular formula is C36H36O2. The molecule has 2 nitrogen and oxygen atoms in total. The van der Waals surface area contributed by atoms with Crippen molar-refractivity contribution in [2.24, 2.45) is 0 Å². The molecule has 0 spiro atoms. The molecule has 2 heteroatoms. The fraction of sp³-hybridized carbons (Fsp3) is 0.167. The number of rotatable bonds is 6. The number of benzene rings is 4. The average molecular weight is 501 g/mol. The van der Waals surface area contributed by atoms with Crippen LogP contribution >= 0.6 is 0 Å². The lowest BCUT2D eigenvalue weighted by molar-refractivity contribution is 0.103. The molecule has 0 aromatic heterocycles. The van der Waals surface area contributed by atoms with E-state index < -0.39 is 0 Å². The Morgan fingerprint density at radius 2 is 1.00 bits per heavy atom. The molecule has 0 fully saturated rings. The highest BCUT2D eigenvalue weighted by Crippen LogP contribution is 2.14. The predicted octanol–water partition coefficient (Wildman–Crippen LogP) is 9.02. The molecule has 4 aromatic carbocycles. The molecule has 0 atom stereocenters. The van der Waals surface area contributed by atoms with Crippen molar-refractivity contribution < 1.29 is 9.59 Å². The maximum Gasteiger partial charge on any atom is 0.185 e. The number of allylic oxidation sites excluding steroid dienone is 2. The third-order valence-electron chi connectivity index (χ3n) is 6.47. The van der Waals surface area contributed by atoms with Crippen LogP contribution in [0.3, 0.4) is 0 Å². The van der Waals surface area contributed by atoms with Crippen LogP contribution in [-0.2, 0) is 0 Å². The van der Waals surface area contributed by atoms with Crippen molar-refractivity contribution in [2.75, 3.05) is 0 Å². The molecule has 0 saturated carbocycles. The standard InChI is InChI=1S/2C18H18O/c1-13-4-8-17(9-5-13)18(19)11-10-16-7-6-14(2)12-15(16)3;1-13-4-7-16(8-5-13)9-11-18(19)17-10-6-14(2)15(3)12-17/h2*4-12H,1-3H3. The Bertz CT molecular complexity index is 1470. The van der Waals surface area contributed by atoms with Crippen molar-refractivity contribution in [1.29, 1.82) is 0 Å². The van der Waals surface area contributed by atoms with Gasteiger partial charge in [-0.25, -0.2) is 0 Å². The average Bonchev–Trinajstić information content (AvgIpc) is 2.90. The first-order valence-electron chi connectivity index (χ1n) is 12.8. The van der Waals surface area contributed by atoms with Gasteiger partial charge in [0.2, 0.25) is 0 Å². The van der Waals surface area contributed by atoms with Gasteiger partial charge in [-0.2, -0.15) is 0 Å². The fourth-order valence-electron chi connectivity index (χ4n) is 3.83. The van der Waals surface area contributed by atoms with Gasteiger partial charge in [0.25, 0.3) is 0 Å². The third-order valence-corrected chi connectivity index (χ3v) is 6.47. The molecule has 38 heavy (non-hydrogen) atoms. The minimum Gasteiger partial charge on any atom is -0.289 e. The summed E-state index contributed by atoms with van der Waals surface area (Å²) in [6.45, 7) is 12.3. The highest BCUT2D eigenvalue weighted by atomic mass is 16.1. The first-order valence-corrected chi connectivity index (χ1v) is 12.8. The van der Waals surface area contributed by atoms with Gasteiger partial charge in [-0.05, 0) is 87.6 Å². The number of hydrogen-bond donors (Lipinski definition) is 0. The monoisotopic (exact) mass is 500 g/mol. The van der Waals surface area contributed by atoms with Crippen LogP contribution in [0.25, 0.3) is 12.2 Å². The molecular weight excluding hydrogens is 464 g/mol. The summed E-state index contributed by atoms with van der Waals surface area (Å²) in [6.07, 6.45) is 7.02. The van der Waals surface area contributed by atoms with Crippen molar-refractivity contribution in [3.8, 4) is 0 Å². The summed E-state index contributed by atoms with van der Waals surface area (Å²) in [7, 11) is 0. The fourth-order valence-corrected chi connectivity index (χ4v) is 3.83. The normalized spacial score (nSPS) is 10.9. The van der Waals surface area contributed by atoms with Crippen LogP contribution in [0.15, 0.2) is 97.1 Å². The van der Waals surface area contributed by atoms with Gasteiger partial charge in [-0.3, -0.25) is 9.59 Å². The van der Waals surface area contributed by atoms with E-state index in [1.165, 1.54) is 22.3 Å². The van der Waals surface area contributed by atoms with Gasteiger partial charge in [0.15, 0.2) is 11.6 Å². The first kappa shape index (κ1) is 28.3. The summed E-state index contributed by atoms with van der Waals surface area (Å²) < 4.78 is 0. The topological polar surface area (TPSA) is 34.1 Å². The SMILES string of the molecule is Cc1ccc(C(=O)C=Cc2ccc(C)cc2C)cc1.Cc1ccc(C=CC(=O)c2ccc(C)c(C)c2)cc1. The lowest BCUT2D eigenvalue weighted by Crippen LogP contribution is -1.95. The van der Waals surface area contributed by atoms with Gasteiger partial charge in [0.1, 0.15) is 0 Å². The van der Waals surface area contributed by atoms with Crippen LogP contribution in [0.5, 0.6) is 0 Å². The smallest absolute Gasteiger partial charge is 0.185 e. The zero-order valence-electron chi connectivity index (χ0n) is 23.2. The molecule has 0 aliphatic carbocycles. The molecule has 0 aliphatic heterocycles. The van der Waals surface area contributed by atoms with Gasteiger partial charge in [-0.1, -0.05) is 108 Å². The molecule has 0 heterocycles. The summed E-state index contributed by atoms with van der Waals surface area (Å²) in [5, 5.41) is 0. The predicted molar refractivity (Wildman–Crippen MR) is 161 cm³/mol. The van der Waals surface area contributed by atoms with Gasteiger partial charge >= 0.3 is 0 Å². The van der Waals surface area contributed by atoms with Crippen molar-refractivity contribution in [3.63, 3.8) is 0 Å². The zero-order chi connectivity index (χ0) is 27.7. The van der Waals surface area contributed by atoms with Crippen molar-refractivity contribution in [2.45, 2.75) is 41.5 Å². The van der Waals surface area contributed by atoms with E-state index in [1.54, 1.807) is 12.2 Å². The Hall–Kier alpha value is -4.30. The van der Waals surface area contributed by atoms with Gasteiger partial charge in [0.05, 0.1) is 0 Å². The quantitative estimate of drug-likeness (QED) is 0.195. The van der Waals surface area contributed by atoms with Crippen LogP contribution in [-0.4, -0.2) is 11.6 Å². The van der Waals surface area contributed by atoms with E-state index in [9.17, 15) is 9.59 Å². The minimum atomic E-state index is 0.0416. The number of carbonyl (C=O) groups is 2. The molecule has 4 rings (SSSR count). The second-order valence-corrected chi connectivity index (χ2v) is 9.83. The molecule has 0 N–H and O–H groups in total. The highest BCUT2D eigenvalue weighted by Gasteiger charge is 2.03. The molecule has 0 radical (unpaired) electrons. The third kappa shape index (κ3) is 8.38. The summed E-state index contributed by atoms with van der Waals surface area (Å²) in [5.74, 6) is 0.0867. The maximum absolute atomic E-state index is 12.1. The highest BCUT2D eigenvalue weighted by molar-refractivity contribution is 6.07. The second kappa shape index (κ2) is 13.3. The largest absolute Gasteiger partial charge is 0.289 e. The van der Waals surface area contributed by atoms with Crippen LogP contribution in [0.1, 0.15) is 65.2 Å². The Morgan fingerprint density at radius 3 is 1.61 bits per heavy atom. The van der Waals surface area contributed by atoms with Gasteiger partial charge < -0.3 is 0 Å². The van der Waals surface area contributed by atoms with E-state index >= 15 is 0 Å². The van der Waals surface area contributed by atoms with E-state index in [0.29, 0.717) is 0 Å². The van der Waals surface area contributed by atoms with Crippen LogP contribution in [0, 0.1) is 41.5 Å². The molecule has 192 valence electrons. The summed E-state index contributed by atoms with van der Waals surface area (Å²) in [6, 6.07) is 27.8. The van der Waals surface area contributed by atoms with Gasteiger partial charge in [-0.15, -0.1) is 0 Å². The Labute approximate surface area is 227 Å². The van der Waals surface area contributed by atoms with E-state index in [2.05, 4.69) is 26.0 Å². The Balaban J connectivity index is 0.000000211. The number of carbonyl (C=O) groups excluding carboxylic acids is 2. The first-order chi connectivity index (χ1) is 18.1. The Kier molecular flexibility index (Phi) is 9.90. The van der Waals surface area contributed by atoms with Crippen molar-refractivity contribution >= 4 is 23.7 Å².